The zero-order valence-electron chi connectivity index (χ0n) is 23.3. The molecule has 0 unspecified atom stereocenters. The maximum Gasteiger partial charge on any atom is 0.303 e. The molecule has 9 nitrogen and oxygen atoms in total. The van der Waals surface area contributed by atoms with Crippen LogP contribution in [0.15, 0.2) is 78.9 Å². The second-order valence-corrected chi connectivity index (χ2v) is 10.5. The number of likely N-dealkylation sites (N-methyl/N-ethyl adjacent to an activating group) is 1. The molecule has 3 aromatic rings. The van der Waals surface area contributed by atoms with Crippen LogP contribution >= 0.6 is 0 Å². The lowest BCUT2D eigenvalue weighted by Crippen LogP contribution is -2.43. The molecule has 0 spiro atoms. The van der Waals surface area contributed by atoms with Crippen molar-refractivity contribution in [3.63, 3.8) is 0 Å². The Morgan fingerprint density at radius 3 is 2.39 bits per heavy atom. The number of carbonyl (C=O) groups is 2. The van der Waals surface area contributed by atoms with Crippen molar-refractivity contribution < 1.29 is 34.4 Å². The number of aliphatic carboxylic acids is 1. The zero-order chi connectivity index (χ0) is 29.4. The first-order valence-electron chi connectivity index (χ1n) is 13.8. The Morgan fingerprint density at radius 2 is 1.71 bits per heavy atom. The van der Waals surface area contributed by atoms with E-state index in [1.165, 1.54) is 0 Å². The smallest absolute Gasteiger partial charge is 0.303 e. The predicted octanol–water partition coefficient (Wildman–Crippen LogP) is 4.58. The highest BCUT2D eigenvalue weighted by Crippen LogP contribution is 2.39. The molecule has 1 aliphatic heterocycles. The molecule has 4 N–H and O–H groups in total. The van der Waals surface area contributed by atoms with E-state index < -0.39 is 18.4 Å². The van der Waals surface area contributed by atoms with Gasteiger partial charge in [0.15, 0.2) is 6.29 Å². The van der Waals surface area contributed by atoms with Gasteiger partial charge in [0.2, 0.25) is 5.91 Å². The molecule has 0 aliphatic carbocycles. The highest BCUT2D eigenvalue weighted by molar-refractivity contribution is 5.92. The minimum absolute atomic E-state index is 0.0441. The van der Waals surface area contributed by atoms with Gasteiger partial charge in [0.1, 0.15) is 0 Å². The van der Waals surface area contributed by atoms with E-state index in [0.29, 0.717) is 24.2 Å². The molecule has 1 heterocycles. The van der Waals surface area contributed by atoms with E-state index in [1.54, 1.807) is 18.2 Å². The van der Waals surface area contributed by atoms with Gasteiger partial charge in [-0.15, -0.1) is 0 Å². The first kappa shape index (κ1) is 30.4. The number of ether oxygens (including phenoxy) is 2. The van der Waals surface area contributed by atoms with Gasteiger partial charge in [0.25, 0.3) is 0 Å². The van der Waals surface area contributed by atoms with Gasteiger partial charge < -0.3 is 30.1 Å². The number of hydrogen-bond donors (Lipinski definition) is 4. The summed E-state index contributed by atoms with van der Waals surface area (Å²) in [6.07, 6.45) is -1.70. The standard InChI is InChI=1S/C32H38N2O7/c1-21(31(39)24-7-4-3-5-8-24)34(2)19-27-18-28(23-13-11-22(20-35)12-14-23)41-32(40-27)25-9-6-10-26(17-25)33-29(36)15-16-30(37)38/h3-14,17,21,27-28,31-32,35,39H,15-16,18-20H2,1-2H3,(H,33,36)(H,37,38)/t21-,27+,28-,31-,32-/m0/s1. The van der Waals surface area contributed by atoms with Gasteiger partial charge in [0, 0.05) is 36.7 Å². The molecule has 218 valence electrons. The summed E-state index contributed by atoms with van der Waals surface area (Å²) in [4.78, 5) is 25.1. The molecule has 5 atom stereocenters. The Kier molecular flexibility index (Phi) is 10.6. The van der Waals surface area contributed by atoms with Crippen LogP contribution in [-0.4, -0.2) is 57.8 Å². The fourth-order valence-corrected chi connectivity index (χ4v) is 4.90. The van der Waals surface area contributed by atoms with E-state index in [4.69, 9.17) is 14.6 Å². The molecule has 0 aromatic heterocycles. The molecule has 4 rings (SSSR count). The van der Waals surface area contributed by atoms with E-state index >= 15 is 0 Å². The Balaban J connectivity index is 1.52. The average molecular weight is 563 g/mol. The number of amides is 1. The van der Waals surface area contributed by atoms with Gasteiger partial charge in [-0.2, -0.15) is 0 Å². The lowest BCUT2D eigenvalue weighted by atomic mass is 9.98. The number of anilines is 1. The fraction of sp³-hybridized carbons (Fsp3) is 0.375. The lowest BCUT2D eigenvalue weighted by Gasteiger charge is -2.39. The number of hydrogen-bond acceptors (Lipinski definition) is 7. The third-order valence-corrected chi connectivity index (χ3v) is 7.41. The normalized spacial score (nSPS) is 20.4. The summed E-state index contributed by atoms with van der Waals surface area (Å²) in [5.41, 5.74) is 3.85. The molecule has 1 aliphatic rings. The Morgan fingerprint density at radius 1 is 0.976 bits per heavy atom. The molecule has 41 heavy (non-hydrogen) atoms. The van der Waals surface area contributed by atoms with E-state index in [0.717, 1.165) is 16.7 Å². The molecule has 1 amide bonds. The minimum Gasteiger partial charge on any atom is -0.481 e. The summed E-state index contributed by atoms with van der Waals surface area (Å²) in [7, 11) is 1.96. The van der Waals surface area contributed by atoms with Gasteiger partial charge in [-0.1, -0.05) is 66.7 Å². The maximum absolute atomic E-state index is 12.2. The van der Waals surface area contributed by atoms with Crippen LogP contribution in [0.25, 0.3) is 0 Å². The molecule has 1 fully saturated rings. The van der Waals surface area contributed by atoms with Crippen molar-refractivity contribution in [2.24, 2.45) is 0 Å². The third-order valence-electron chi connectivity index (χ3n) is 7.41. The van der Waals surface area contributed by atoms with Crippen molar-refractivity contribution in [2.45, 2.75) is 63.4 Å². The third kappa shape index (κ3) is 8.45. The Labute approximate surface area is 240 Å². The second kappa shape index (κ2) is 14.3. The number of carboxylic acids is 1. The summed E-state index contributed by atoms with van der Waals surface area (Å²) in [6, 6.07) is 24.2. The van der Waals surface area contributed by atoms with Crippen LogP contribution in [0.4, 0.5) is 5.69 Å². The van der Waals surface area contributed by atoms with Gasteiger partial charge in [-0.25, -0.2) is 0 Å². The first-order chi connectivity index (χ1) is 19.7. The van der Waals surface area contributed by atoms with Crippen molar-refractivity contribution in [2.75, 3.05) is 18.9 Å². The number of carbonyl (C=O) groups excluding carboxylic acids is 1. The van der Waals surface area contributed by atoms with Crippen LogP contribution in [0.5, 0.6) is 0 Å². The van der Waals surface area contributed by atoms with Crippen molar-refractivity contribution >= 4 is 17.6 Å². The minimum atomic E-state index is -1.03. The van der Waals surface area contributed by atoms with Gasteiger partial charge in [-0.3, -0.25) is 14.5 Å². The van der Waals surface area contributed by atoms with Crippen molar-refractivity contribution in [3.05, 3.63) is 101 Å². The Bertz CT molecular complexity index is 1280. The first-order valence-corrected chi connectivity index (χ1v) is 13.8. The molecule has 0 radical (unpaired) electrons. The summed E-state index contributed by atoms with van der Waals surface area (Å²) < 4.78 is 12.9. The summed E-state index contributed by atoms with van der Waals surface area (Å²) in [5, 5.41) is 32.0. The van der Waals surface area contributed by atoms with E-state index in [-0.39, 0.29) is 43.6 Å². The number of rotatable bonds is 12. The average Bonchev–Trinajstić information content (AvgIpc) is 2.99. The highest BCUT2D eigenvalue weighted by atomic mass is 16.7. The molecule has 0 saturated carbocycles. The number of carboxylic acid groups (broad SMARTS) is 1. The highest BCUT2D eigenvalue weighted by Gasteiger charge is 2.34. The van der Waals surface area contributed by atoms with E-state index in [1.807, 2.05) is 74.6 Å². The summed E-state index contributed by atoms with van der Waals surface area (Å²) in [5.74, 6) is -1.42. The van der Waals surface area contributed by atoms with Crippen molar-refractivity contribution in [1.82, 2.24) is 4.90 Å². The van der Waals surface area contributed by atoms with Crippen molar-refractivity contribution in [3.8, 4) is 0 Å². The quantitative estimate of drug-likeness (QED) is 0.253. The van der Waals surface area contributed by atoms with Crippen molar-refractivity contribution in [1.29, 1.82) is 0 Å². The van der Waals surface area contributed by atoms with Gasteiger partial charge in [-0.05, 0) is 42.8 Å². The fourth-order valence-electron chi connectivity index (χ4n) is 4.90. The monoisotopic (exact) mass is 562 g/mol. The molecular formula is C32H38N2O7. The maximum atomic E-state index is 12.2. The summed E-state index contributed by atoms with van der Waals surface area (Å²) in [6.45, 7) is 2.48. The second-order valence-electron chi connectivity index (χ2n) is 10.5. The number of benzene rings is 3. The number of aliphatic hydroxyl groups is 2. The van der Waals surface area contributed by atoms with Crippen LogP contribution in [-0.2, 0) is 25.7 Å². The topological polar surface area (TPSA) is 129 Å². The molecule has 3 aromatic carbocycles. The van der Waals surface area contributed by atoms with Crippen LogP contribution in [0.2, 0.25) is 0 Å². The zero-order valence-corrected chi connectivity index (χ0v) is 23.3. The van der Waals surface area contributed by atoms with Crippen LogP contribution in [0, 0.1) is 0 Å². The Hall–Kier alpha value is -3.60. The molecule has 9 heteroatoms. The number of aliphatic hydroxyl groups excluding tert-OH is 2. The molecule has 0 bridgehead atoms. The largest absolute Gasteiger partial charge is 0.481 e. The van der Waals surface area contributed by atoms with Crippen LogP contribution in [0.3, 0.4) is 0 Å². The van der Waals surface area contributed by atoms with Gasteiger partial charge in [0.05, 0.1) is 31.3 Å². The predicted molar refractivity (Wildman–Crippen MR) is 154 cm³/mol. The van der Waals surface area contributed by atoms with Crippen LogP contribution < -0.4 is 5.32 Å². The van der Waals surface area contributed by atoms with E-state index in [9.17, 15) is 19.8 Å². The number of nitrogens with zero attached hydrogens (tertiary/aromatic N) is 1. The van der Waals surface area contributed by atoms with Gasteiger partial charge >= 0.3 is 5.97 Å². The lowest BCUT2D eigenvalue weighted by molar-refractivity contribution is -0.253. The SMILES string of the molecule is C[C@@H]([C@H](O)c1ccccc1)N(C)C[C@H]1C[C@@H](c2ccc(CO)cc2)O[C@@H](c2cccc(NC(=O)CCC(=O)O)c2)O1. The van der Waals surface area contributed by atoms with Crippen LogP contribution in [0.1, 0.15) is 66.9 Å². The van der Waals surface area contributed by atoms with E-state index in [2.05, 4.69) is 10.2 Å². The molecule has 1 saturated heterocycles. The molecular weight excluding hydrogens is 524 g/mol. The summed E-state index contributed by atoms with van der Waals surface area (Å²) >= 11 is 0. The number of nitrogens with one attached hydrogen (secondary N) is 1.